The van der Waals surface area contributed by atoms with Gasteiger partial charge in [-0.25, -0.2) is 9.37 Å². The number of rotatable bonds is 6. The number of benzene rings is 1. The molecular formula is C20H19F4N5. The van der Waals surface area contributed by atoms with E-state index in [0.29, 0.717) is 11.4 Å². The van der Waals surface area contributed by atoms with Crippen molar-refractivity contribution in [1.82, 2.24) is 15.0 Å². The van der Waals surface area contributed by atoms with E-state index in [1.165, 1.54) is 6.07 Å². The maximum atomic E-state index is 14.2. The predicted octanol–water partition coefficient (Wildman–Crippen LogP) is 5.65. The average molecular weight is 405 g/mol. The Morgan fingerprint density at radius 2 is 1.83 bits per heavy atom. The third-order valence-electron chi connectivity index (χ3n) is 4.21. The van der Waals surface area contributed by atoms with Gasteiger partial charge in [-0.05, 0) is 37.6 Å². The van der Waals surface area contributed by atoms with Gasteiger partial charge >= 0.3 is 6.18 Å². The molecule has 0 aliphatic rings. The molecule has 0 aliphatic heterocycles. The summed E-state index contributed by atoms with van der Waals surface area (Å²) in [6, 6.07) is 9.44. The molecule has 0 spiro atoms. The van der Waals surface area contributed by atoms with Gasteiger partial charge in [0, 0.05) is 18.3 Å². The Morgan fingerprint density at radius 3 is 2.48 bits per heavy atom. The van der Waals surface area contributed by atoms with E-state index in [4.69, 9.17) is 0 Å². The van der Waals surface area contributed by atoms with E-state index < -0.39 is 23.2 Å². The van der Waals surface area contributed by atoms with Crippen LogP contribution in [0.5, 0.6) is 0 Å². The number of para-hydroxylation sites is 1. The molecule has 2 N–H and O–H groups in total. The van der Waals surface area contributed by atoms with Gasteiger partial charge in [-0.1, -0.05) is 19.1 Å². The molecule has 0 aliphatic carbocycles. The lowest BCUT2D eigenvalue weighted by Gasteiger charge is -2.17. The van der Waals surface area contributed by atoms with Crippen LogP contribution in [0.2, 0.25) is 0 Å². The van der Waals surface area contributed by atoms with Gasteiger partial charge in [0.25, 0.3) is 0 Å². The fourth-order valence-corrected chi connectivity index (χ4v) is 2.56. The van der Waals surface area contributed by atoms with Crippen molar-refractivity contribution in [2.24, 2.45) is 0 Å². The Labute approximate surface area is 165 Å². The minimum Gasteiger partial charge on any atom is -0.352 e. The Hall–Kier alpha value is -3.23. The summed E-state index contributed by atoms with van der Waals surface area (Å²) in [7, 11) is 0. The van der Waals surface area contributed by atoms with E-state index in [2.05, 4.69) is 25.6 Å². The number of pyridine rings is 1. The van der Waals surface area contributed by atoms with Crippen LogP contribution in [0.25, 0.3) is 11.4 Å². The van der Waals surface area contributed by atoms with Gasteiger partial charge in [0.15, 0.2) is 0 Å². The maximum absolute atomic E-state index is 14.2. The molecule has 0 bridgehead atoms. The van der Waals surface area contributed by atoms with Crippen molar-refractivity contribution >= 4 is 17.5 Å². The summed E-state index contributed by atoms with van der Waals surface area (Å²) < 4.78 is 54.2. The van der Waals surface area contributed by atoms with Gasteiger partial charge in [0.1, 0.15) is 11.6 Å². The van der Waals surface area contributed by atoms with E-state index in [1.54, 1.807) is 24.4 Å². The molecule has 2 heterocycles. The summed E-state index contributed by atoms with van der Waals surface area (Å²) in [5.41, 5.74) is -0.916. The van der Waals surface area contributed by atoms with Crippen molar-refractivity contribution < 1.29 is 17.6 Å². The molecule has 0 saturated carbocycles. The molecule has 3 rings (SSSR count). The van der Waals surface area contributed by atoms with Gasteiger partial charge in [-0.3, -0.25) is 4.98 Å². The highest BCUT2D eigenvalue weighted by molar-refractivity contribution is 5.67. The summed E-state index contributed by atoms with van der Waals surface area (Å²) >= 11 is 0. The van der Waals surface area contributed by atoms with E-state index in [9.17, 15) is 17.6 Å². The number of halogens is 4. The summed E-state index contributed by atoms with van der Waals surface area (Å²) in [6.45, 7) is 3.89. The standard InChI is InChI=1S/C20H19F4N5/c1-3-12(2)26-19-27-16(15-9-4-5-10-25-15)11-17(29-19)28-18-13(20(22,23)24)7-6-8-14(18)21/h4-12H,3H2,1-2H3,(H2,26,27,28,29)/t12-/m1/s1. The molecule has 1 atom stereocenters. The number of hydrogen-bond acceptors (Lipinski definition) is 5. The first-order chi connectivity index (χ1) is 13.8. The van der Waals surface area contributed by atoms with Crippen molar-refractivity contribution in [3.05, 3.63) is 60.0 Å². The first-order valence-electron chi connectivity index (χ1n) is 8.97. The third kappa shape index (κ3) is 4.98. The number of anilines is 3. The molecule has 5 nitrogen and oxygen atoms in total. The topological polar surface area (TPSA) is 62.7 Å². The van der Waals surface area contributed by atoms with Crippen LogP contribution in [0.4, 0.5) is 35.0 Å². The van der Waals surface area contributed by atoms with Crippen LogP contribution in [0.1, 0.15) is 25.8 Å². The van der Waals surface area contributed by atoms with E-state index in [1.807, 2.05) is 13.8 Å². The van der Waals surface area contributed by atoms with E-state index in [0.717, 1.165) is 24.6 Å². The Balaban J connectivity index is 2.07. The van der Waals surface area contributed by atoms with Crippen molar-refractivity contribution in [2.45, 2.75) is 32.5 Å². The van der Waals surface area contributed by atoms with Gasteiger partial charge in [-0.2, -0.15) is 18.2 Å². The highest BCUT2D eigenvalue weighted by Gasteiger charge is 2.35. The fraction of sp³-hybridized carbons (Fsp3) is 0.250. The molecule has 2 aromatic heterocycles. The van der Waals surface area contributed by atoms with Crippen LogP contribution >= 0.6 is 0 Å². The first kappa shape index (κ1) is 20.5. The second-order valence-electron chi connectivity index (χ2n) is 6.42. The summed E-state index contributed by atoms with van der Waals surface area (Å²) in [6.07, 6.45) is -2.37. The molecule has 29 heavy (non-hydrogen) atoms. The van der Waals surface area contributed by atoms with Crippen LogP contribution in [0, 0.1) is 5.82 Å². The Bertz CT molecular complexity index is 976. The van der Waals surface area contributed by atoms with Crippen molar-refractivity contribution in [3.63, 3.8) is 0 Å². The maximum Gasteiger partial charge on any atom is 0.418 e. The van der Waals surface area contributed by atoms with Crippen molar-refractivity contribution in [1.29, 1.82) is 0 Å². The number of aromatic nitrogens is 3. The number of hydrogen-bond donors (Lipinski definition) is 2. The van der Waals surface area contributed by atoms with Crippen LogP contribution in [-0.4, -0.2) is 21.0 Å². The molecule has 0 saturated heterocycles. The lowest BCUT2D eigenvalue weighted by atomic mass is 10.1. The minimum atomic E-state index is -4.72. The van der Waals surface area contributed by atoms with Crippen LogP contribution < -0.4 is 10.6 Å². The first-order valence-corrected chi connectivity index (χ1v) is 8.97. The third-order valence-corrected chi connectivity index (χ3v) is 4.21. The quantitative estimate of drug-likeness (QED) is 0.519. The summed E-state index contributed by atoms with van der Waals surface area (Å²) in [5.74, 6) is -0.814. The molecule has 0 fully saturated rings. The molecular weight excluding hydrogens is 386 g/mol. The van der Waals surface area contributed by atoms with E-state index >= 15 is 0 Å². The van der Waals surface area contributed by atoms with Gasteiger partial charge in [0.2, 0.25) is 5.95 Å². The van der Waals surface area contributed by atoms with Gasteiger partial charge in [-0.15, -0.1) is 0 Å². The monoisotopic (exact) mass is 405 g/mol. The second-order valence-corrected chi connectivity index (χ2v) is 6.42. The van der Waals surface area contributed by atoms with Gasteiger partial charge < -0.3 is 10.6 Å². The van der Waals surface area contributed by atoms with Crippen LogP contribution in [0.15, 0.2) is 48.7 Å². The highest BCUT2D eigenvalue weighted by Crippen LogP contribution is 2.37. The predicted molar refractivity (Wildman–Crippen MR) is 103 cm³/mol. The van der Waals surface area contributed by atoms with Crippen molar-refractivity contribution in [3.8, 4) is 11.4 Å². The zero-order valence-corrected chi connectivity index (χ0v) is 15.8. The largest absolute Gasteiger partial charge is 0.418 e. The summed E-state index contributed by atoms with van der Waals surface area (Å²) in [5, 5.41) is 5.56. The molecule has 152 valence electrons. The van der Waals surface area contributed by atoms with Crippen LogP contribution in [-0.2, 0) is 6.18 Å². The smallest absolute Gasteiger partial charge is 0.352 e. The summed E-state index contributed by atoms with van der Waals surface area (Å²) in [4.78, 5) is 12.8. The Morgan fingerprint density at radius 1 is 1.03 bits per heavy atom. The SMILES string of the molecule is CC[C@@H](C)Nc1nc(Nc2c(F)cccc2C(F)(F)F)cc(-c2ccccn2)n1. The molecule has 0 amide bonds. The lowest BCUT2D eigenvalue weighted by Crippen LogP contribution is -2.17. The zero-order valence-electron chi connectivity index (χ0n) is 15.8. The van der Waals surface area contributed by atoms with Crippen LogP contribution in [0.3, 0.4) is 0 Å². The normalized spacial score (nSPS) is 12.5. The number of alkyl halides is 3. The minimum absolute atomic E-state index is 0.0158. The lowest BCUT2D eigenvalue weighted by molar-refractivity contribution is -0.137. The van der Waals surface area contributed by atoms with Gasteiger partial charge in [0.05, 0.1) is 22.6 Å². The average Bonchev–Trinajstić information content (AvgIpc) is 2.69. The highest BCUT2D eigenvalue weighted by atomic mass is 19.4. The number of nitrogens with zero attached hydrogens (tertiary/aromatic N) is 3. The second kappa shape index (κ2) is 8.42. The Kier molecular flexibility index (Phi) is 5.95. The molecule has 1 aromatic carbocycles. The zero-order chi connectivity index (χ0) is 21.0. The van der Waals surface area contributed by atoms with E-state index in [-0.39, 0.29) is 17.8 Å². The van der Waals surface area contributed by atoms with Crippen molar-refractivity contribution in [2.75, 3.05) is 10.6 Å². The molecule has 0 radical (unpaired) electrons. The molecule has 0 unspecified atom stereocenters. The molecule has 9 heteroatoms. The molecule has 3 aromatic rings. The fourth-order valence-electron chi connectivity index (χ4n) is 2.56. The number of nitrogens with one attached hydrogen (secondary N) is 2.